The van der Waals surface area contributed by atoms with Crippen molar-refractivity contribution in [2.24, 2.45) is 0 Å². The molecule has 1 fully saturated rings. The predicted octanol–water partition coefficient (Wildman–Crippen LogP) is 0.296. The first-order valence-corrected chi connectivity index (χ1v) is 6.44. The molecule has 0 bridgehead atoms. The fourth-order valence-corrected chi connectivity index (χ4v) is 2.64. The molecule has 1 aromatic rings. The van der Waals surface area contributed by atoms with Crippen LogP contribution in [0.5, 0.6) is 0 Å². The van der Waals surface area contributed by atoms with Crippen molar-refractivity contribution in [3.05, 3.63) is 35.4 Å². The zero-order chi connectivity index (χ0) is 12.6. The molecule has 0 aromatic heterocycles. The molecular formula is C14H18N2O2. The van der Waals surface area contributed by atoms with E-state index in [0.717, 1.165) is 13.0 Å². The van der Waals surface area contributed by atoms with E-state index in [4.69, 9.17) is 0 Å². The van der Waals surface area contributed by atoms with Crippen LogP contribution in [0.15, 0.2) is 24.3 Å². The van der Waals surface area contributed by atoms with E-state index in [2.05, 4.69) is 17.4 Å². The van der Waals surface area contributed by atoms with Crippen molar-refractivity contribution in [3.63, 3.8) is 0 Å². The summed E-state index contributed by atoms with van der Waals surface area (Å²) >= 11 is 0. The molecule has 18 heavy (non-hydrogen) atoms. The summed E-state index contributed by atoms with van der Waals surface area (Å²) < 4.78 is 0. The molecule has 1 saturated heterocycles. The highest BCUT2D eigenvalue weighted by Crippen LogP contribution is 2.22. The third-order valence-electron chi connectivity index (χ3n) is 3.87. The monoisotopic (exact) mass is 246 g/mol. The fourth-order valence-electron chi connectivity index (χ4n) is 2.64. The van der Waals surface area contributed by atoms with Crippen molar-refractivity contribution < 1.29 is 9.90 Å². The second kappa shape index (κ2) is 4.37. The van der Waals surface area contributed by atoms with E-state index in [1.54, 1.807) is 0 Å². The summed E-state index contributed by atoms with van der Waals surface area (Å²) in [7, 11) is 0. The van der Waals surface area contributed by atoms with Crippen molar-refractivity contribution in [2.75, 3.05) is 19.6 Å². The average molecular weight is 246 g/mol. The van der Waals surface area contributed by atoms with Crippen molar-refractivity contribution in [3.8, 4) is 0 Å². The van der Waals surface area contributed by atoms with Gasteiger partial charge in [-0.2, -0.15) is 0 Å². The normalized spacial score (nSPS) is 21.1. The van der Waals surface area contributed by atoms with Gasteiger partial charge in [-0.1, -0.05) is 24.3 Å². The van der Waals surface area contributed by atoms with E-state index in [-0.39, 0.29) is 12.3 Å². The van der Waals surface area contributed by atoms with Gasteiger partial charge in [0.05, 0.1) is 12.0 Å². The van der Waals surface area contributed by atoms with Gasteiger partial charge < -0.3 is 15.3 Å². The van der Waals surface area contributed by atoms with E-state index in [1.807, 2.05) is 17.0 Å². The number of nitrogens with zero attached hydrogens (tertiary/aromatic N) is 1. The van der Waals surface area contributed by atoms with Gasteiger partial charge in [-0.25, -0.2) is 0 Å². The number of amides is 1. The van der Waals surface area contributed by atoms with E-state index in [1.165, 1.54) is 11.1 Å². The SMILES string of the molecule is O=C(CC1(O)CNC1)N1CCc2ccccc2C1. The second-order valence-electron chi connectivity index (χ2n) is 5.34. The van der Waals surface area contributed by atoms with Crippen LogP contribution in [-0.2, 0) is 17.8 Å². The maximum Gasteiger partial charge on any atom is 0.225 e. The summed E-state index contributed by atoms with van der Waals surface area (Å²) in [4.78, 5) is 14.0. The van der Waals surface area contributed by atoms with Crippen molar-refractivity contribution in [1.82, 2.24) is 10.2 Å². The van der Waals surface area contributed by atoms with Crippen LogP contribution in [0.3, 0.4) is 0 Å². The van der Waals surface area contributed by atoms with Crippen LogP contribution in [0.1, 0.15) is 17.5 Å². The lowest BCUT2D eigenvalue weighted by Gasteiger charge is -2.39. The van der Waals surface area contributed by atoms with Crippen LogP contribution >= 0.6 is 0 Å². The van der Waals surface area contributed by atoms with Gasteiger partial charge in [0.1, 0.15) is 0 Å². The minimum Gasteiger partial charge on any atom is -0.387 e. The highest BCUT2D eigenvalue weighted by molar-refractivity contribution is 5.78. The molecule has 4 nitrogen and oxygen atoms in total. The quantitative estimate of drug-likeness (QED) is 0.789. The molecule has 0 spiro atoms. The third-order valence-corrected chi connectivity index (χ3v) is 3.87. The van der Waals surface area contributed by atoms with Gasteiger partial charge in [0, 0.05) is 26.2 Å². The summed E-state index contributed by atoms with van der Waals surface area (Å²) in [5, 5.41) is 13.0. The zero-order valence-corrected chi connectivity index (χ0v) is 10.4. The third kappa shape index (κ3) is 2.13. The molecule has 0 atom stereocenters. The minimum atomic E-state index is -0.811. The second-order valence-corrected chi connectivity index (χ2v) is 5.34. The number of fused-ring (bicyclic) bond motifs is 1. The maximum absolute atomic E-state index is 12.2. The molecule has 0 radical (unpaired) electrons. The Kier molecular flexibility index (Phi) is 2.84. The Bertz CT molecular complexity index is 469. The van der Waals surface area contributed by atoms with Crippen LogP contribution in [0.2, 0.25) is 0 Å². The number of β-amino-alcohol motifs (C(OH)–C–C–N with tert-alkyl or cyclic N) is 1. The van der Waals surface area contributed by atoms with Crippen molar-refractivity contribution in [1.29, 1.82) is 0 Å². The highest BCUT2D eigenvalue weighted by atomic mass is 16.3. The van der Waals surface area contributed by atoms with Crippen LogP contribution in [0.4, 0.5) is 0 Å². The number of aliphatic hydroxyl groups is 1. The molecule has 2 N–H and O–H groups in total. The summed E-state index contributed by atoms with van der Waals surface area (Å²) in [5.74, 6) is 0.0634. The first-order chi connectivity index (χ1) is 8.66. The van der Waals surface area contributed by atoms with E-state index in [9.17, 15) is 9.90 Å². The first kappa shape index (κ1) is 11.7. The smallest absolute Gasteiger partial charge is 0.225 e. The molecule has 1 aromatic carbocycles. The Morgan fingerprint density at radius 3 is 2.72 bits per heavy atom. The van der Waals surface area contributed by atoms with Crippen LogP contribution < -0.4 is 5.32 Å². The Balaban J connectivity index is 1.66. The average Bonchev–Trinajstić information content (AvgIpc) is 2.36. The molecule has 2 aliphatic rings. The van der Waals surface area contributed by atoms with Gasteiger partial charge in [-0.05, 0) is 17.5 Å². The Hall–Kier alpha value is -1.39. The molecule has 0 unspecified atom stereocenters. The number of hydrogen-bond donors (Lipinski definition) is 2. The van der Waals surface area contributed by atoms with Crippen molar-refractivity contribution in [2.45, 2.75) is 25.0 Å². The maximum atomic E-state index is 12.2. The number of rotatable bonds is 2. The van der Waals surface area contributed by atoms with Gasteiger partial charge in [0.25, 0.3) is 0 Å². The predicted molar refractivity (Wildman–Crippen MR) is 68.0 cm³/mol. The summed E-state index contributed by atoms with van der Waals surface area (Å²) in [6.07, 6.45) is 1.15. The van der Waals surface area contributed by atoms with Gasteiger partial charge >= 0.3 is 0 Å². The van der Waals surface area contributed by atoms with Gasteiger partial charge in [0.2, 0.25) is 5.91 Å². The Morgan fingerprint density at radius 1 is 1.33 bits per heavy atom. The molecule has 2 aliphatic heterocycles. The van der Waals surface area contributed by atoms with E-state index in [0.29, 0.717) is 19.6 Å². The topological polar surface area (TPSA) is 52.6 Å². The summed E-state index contributed by atoms with van der Waals surface area (Å²) in [6.45, 7) is 2.50. The fraction of sp³-hybridized carbons (Fsp3) is 0.500. The van der Waals surface area contributed by atoms with Gasteiger partial charge in [0.15, 0.2) is 0 Å². The minimum absolute atomic E-state index is 0.0634. The lowest BCUT2D eigenvalue weighted by molar-refractivity contribution is -0.139. The molecule has 1 amide bonds. The molecule has 4 heteroatoms. The van der Waals surface area contributed by atoms with Crippen LogP contribution in [0.25, 0.3) is 0 Å². The first-order valence-electron chi connectivity index (χ1n) is 6.44. The Morgan fingerprint density at radius 2 is 2.06 bits per heavy atom. The number of nitrogens with one attached hydrogen (secondary N) is 1. The molecule has 0 saturated carbocycles. The lowest BCUT2D eigenvalue weighted by atomic mass is 9.91. The van der Waals surface area contributed by atoms with Crippen LogP contribution in [0, 0.1) is 0 Å². The largest absolute Gasteiger partial charge is 0.387 e. The van der Waals surface area contributed by atoms with Crippen molar-refractivity contribution >= 4 is 5.91 Å². The molecule has 2 heterocycles. The molecule has 0 aliphatic carbocycles. The highest BCUT2D eigenvalue weighted by Gasteiger charge is 2.38. The number of carbonyl (C=O) groups is 1. The number of carbonyl (C=O) groups excluding carboxylic acids is 1. The molecule has 3 rings (SSSR count). The van der Waals surface area contributed by atoms with Gasteiger partial charge in [-0.15, -0.1) is 0 Å². The van der Waals surface area contributed by atoms with Crippen LogP contribution in [-0.4, -0.2) is 41.1 Å². The standard InChI is InChI=1S/C14H18N2O2/c17-13(7-14(18)9-15-10-14)16-6-5-11-3-1-2-4-12(11)8-16/h1-4,15,18H,5-10H2. The summed E-state index contributed by atoms with van der Waals surface area (Å²) in [5.41, 5.74) is 1.76. The number of benzene rings is 1. The van der Waals surface area contributed by atoms with E-state index >= 15 is 0 Å². The van der Waals surface area contributed by atoms with Gasteiger partial charge in [-0.3, -0.25) is 4.79 Å². The molecular weight excluding hydrogens is 228 g/mol. The van der Waals surface area contributed by atoms with E-state index < -0.39 is 5.60 Å². The lowest BCUT2D eigenvalue weighted by Crippen LogP contribution is -2.61. The number of hydrogen-bond acceptors (Lipinski definition) is 3. The zero-order valence-electron chi connectivity index (χ0n) is 10.4. The Labute approximate surface area is 107 Å². The molecule has 96 valence electrons. The summed E-state index contributed by atoms with van der Waals surface area (Å²) in [6, 6.07) is 8.25.